The summed E-state index contributed by atoms with van der Waals surface area (Å²) in [7, 11) is 0. The second-order valence-corrected chi connectivity index (χ2v) is 7.44. The fourth-order valence-corrected chi connectivity index (χ4v) is 3.45. The number of anilines is 1. The number of hydrogen-bond donors (Lipinski definition) is 1. The van der Waals surface area contributed by atoms with Gasteiger partial charge in [0.25, 0.3) is 0 Å². The van der Waals surface area contributed by atoms with Crippen LogP contribution in [0.5, 0.6) is 5.75 Å². The molecule has 4 nitrogen and oxygen atoms in total. The fourth-order valence-electron chi connectivity index (χ4n) is 3.26. The molecule has 0 spiro atoms. The van der Waals surface area contributed by atoms with Crippen molar-refractivity contribution in [2.45, 2.75) is 20.0 Å². The zero-order chi connectivity index (χ0) is 18.5. The highest BCUT2D eigenvalue weighted by molar-refractivity contribution is 6.30. The molecular weight excluding hydrogens is 348 g/mol. The van der Waals surface area contributed by atoms with Crippen LogP contribution in [0.3, 0.4) is 0 Å². The van der Waals surface area contributed by atoms with Crippen LogP contribution in [0.1, 0.15) is 11.1 Å². The molecule has 1 N–H and O–H groups in total. The summed E-state index contributed by atoms with van der Waals surface area (Å²) >= 11 is 6.08. The highest BCUT2D eigenvalue weighted by Gasteiger charge is 2.20. The van der Waals surface area contributed by atoms with E-state index in [-0.39, 0.29) is 0 Å². The molecule has 0 amide bonds. The van der Waals surface area contributed by atoms with Crippen LogP contribution in [0.4, 0.5) is 5.69 Å². The minimum Gasteiger partial charge on any atom is -0.491 e. The molecule has 26 heavy (non-hydrogen) atoms. The van der Waals surface area contributed by atoms with E-state index >= 15 is 0 Å². The fraction of sp³-hybridized carbons (Fsp3) is 0.429. The summed E-state index contributed by atoms with van der Waals surface area (Å²) in [5.41, 5.74) is 3.42. The van der Waals surface area contributed by atoms with Gasteiger partial charge in [0.15, 0.2) is 0 Å². The normalized spacial score (nSPS) is 16.5. The summed E-state index contributed by atoms with van der Waals surface area (Å²) in [6.45, 7) is 8.74. The maximum absolute atomic E-state index is 10.3. The van der Waals surface area contributed by atoms with Crippen LogP contribution in [0.25, 0.3) is 0 Å². The summed E-state index contributed by atoms with van der Waals surface area (Å²) in [5, 5.41) is 11.1. The topological polar surface area (TPSA) is 35.9 Å². The highest BCUT2D eigenvalue weighted by Crippen LogP contribution is 2.21. The van der Waals surface area contributed by atoms with Gasteiger partial charge in [0, 0.05) is 43.4 Å². The number of piperazine rings is 1. The Kier molecular flexibility index (Phi) is 6.41. The monoisotopic (exact) mass is 374 g/mol. The van der Waals surface area contributed by atoms with Crippen LogP contribution in [-0.2, 0) is 0 Å². The van der Waals surface area contributed by atoms with E-state index in [4.69, 9.17) is 16.3 Å². The lowest BCUT2D eigenvalue weighted by molar-refractivity contribution is 0.0660. The molecule has 1 aliphatic rings. The van der Waals surface area contributed by atoms with E-state index < -0.39 is 6.10 Å². The van der Waals surface area contributed by atoms with Crippen molar-refractivity contribution < 1.29 is 9.84 Å². The maximum atomic E-state index is 10.3. The smallest absolute Gasteiger partial charge is 0.122 e. The Morgan fingerprint density at radius 2 is 1.85 bits per heavy atom. The number of benzene rings is 2. The second-order valence-electron chi connectivity index (χ2n) is 7.00. The first-order valence-electron chi connectivity index (χ1n) is 9.12. The van der Waals surface area contributed by atoms with Gasteiger partial charge in [0.2, 0.25) is 0 Å². The molecule has 140 valence electrons. The second kappa shape index (κ2) is 8.76. The molecule has 0 unspecified atom stereocenters. The predicted octanol–water partition coefficient (Wildman–Crippen LogP) is 3.52. The lowest BCUT2D eigenvalue weighted by atomic mass is 10.1. The van der Waals surface area contributed by atoms with Crippen LogP contribution >= 0.6 is 11.6 Å². The van der Waals surface area contributed by atoms with Gasteiger partial charge in [-0.15, -0.1) is 0 Å². The van der Waals surface area contributed by atoms with Gasteiger partial charge in [-0.05, 0) is 49.2 Å². The first-order valence-corrected chi connectivity index (χ1v) is 9.50. The summed E-state index contributed by atoms with van der Waals surface area (Å²) in [6, 6.07) is 14.1. The number of nitrogens with zero attached hydrogens (tertiary/aromatic N) is 2. The SMILES string of the molecule is Cc1ccc(C)c(OC[C@@H](O)CN2CCN(c3cccc(Cl)c3)CC2)c1. The Morgan fingerprint density at radius 3 is 2.58 bits per heavy atom. The first kappa shape index (κ1) is 19.0. The van der Waals surface area contributed by atoms with Crippen LogP contribution in [0, 0.1) is 13.8 Å². The minimum absolute atomic E-state index is 0.318. The molecule has 0 radical (unpaired) electrons. The molecule has 2 aromatic rings. The quantitative estimate of drug-likeness (QED) is 0.839. The van der Waals surface area contributed by atoms with E-state index in [1.54, 1.807) is 0 Å². The number of aliphatic hydroxyl groups is 1. The van der Waals surface area contributed by atoms with E-state index in [9.17, 15) is 5.11 Å². The lowest BCUT2D eigenvalue weighted by Crippen LogP contribution is -2.49. The zero-order valence-electron chi connectivity index (χ0n) is 15.5. The van der Waals surface area contributed by atoms with Crippen LogP contribution in [-0.4, -0.2) is 55.4 Å². The van der Waals surface area contributed by atoms with Gasteiger partial charge in [-0.3, -0.25) is 4.90 Å². The first-order chi connectivity index (χ1) is 12.5. The van der Waals surface area contributed by atoms with Gasteiger partial charge in [-0.25, -0.2) is 0 Å². The molecule has 2 aromatic carbocycles. The predicted molar refractivity (Wildman–Crippen MR) is 108 cm³/mol. The Labute approximate surface area is 160 Å². The standard InChI is InChI=1S/C21H27ClN2O2/c1-16-6-7-17(2)21(12-16)26-15-20(25)14-23-8-10-24(11-9-23)19-5-3-4-18(22)13-19/h3-7,12-13,20,25H,8-11,14-15H2,1-2H3/t20-/m0/s1. The molecule has 0 saturated carbocycles. The van der Waals surface area contributed by atoms with Crippen molar-refractivity contribution in [1.29, 1.82) is 0 Å². The van der Waals surface area contributed by atoms with Crippen LogP contribution < -0.4 is 9.64 Å². The summed E-state index contributed by atoms with van der Waals surface area (Å²) < 4.78 is 5.82. The van der Waals surface area contributed by atoms with E-state index in [0.717, 1.165) is 53.8 Å². The number of aliphatic hydroxyl groups excluding tert-OH is 1. The van der Waals surface area contributed by atoms with Gasteiger partial charge in [-0.1, -0.05) is 29.8 Å². The van der Waals surface area contributed by atoms with Gasteiger partial charge < -0.3 is 14.7 Å². The Bertz CT molecular complexity index is 730. The average molecular weight is 375 g/mol. The molecule has 1 heterocycles. The summed E-state index contributed by atoms with van der Waals surface area (Å²) in [5.74, 6) is 0.856. The van der Waals surface area contributed by atoms with Gasteiger partial charge in [0.05, 0.1) is 0 Å². The van der Waals surface area contributed by atoms with Gasteiger partial charge in [-0.2, -0.15) is 0 Å². The molecule has 1 fully saturated rings. The highest BCUT2D eigenvalue weighted by atomic mass is 35.5. The number of ether oxygens (including phenoxy) is 1. The van der Waals surface area contributed by atoms with Crippen molar-refractivity contribution in [3.8, 4) is 5.75 Å². The molecule has 1 aliphatic heterocycles. The summed E-state index contributed by atoms with van der Waals surface area (Å²) in [4.78, 5) is 4.62. The van der Waals surface area contributed by atoms with Gasteiger partial charge >= 0.3 is 0 Å². The zero-order valence-corrected chi connectivity index (χ0v) is 16.2. The van der Waals surface area contributed by atoms with Crippen LogP contribution in [0.15, 0.2) is 42.5 Å². The Hall–Kier alpha value is -1.75. The molecule has 0 aliphatic carbocycles. The molecule has 1 saturated heterocycles. The van der Waals surface area contributed by atoms with Crippen molar-refractivity contribution in [3.63, 3.8) is 0 Å². The van der Waals surface area contributed by atoms with Gasteiger partial charge in [0.1, 0.15) is 18.5 Å². The number of rotatable bonds is 6. The number of aryl methyl sites for hydroxylation is 2. The minimum atomic E-state index is -0.493. The molecule has 0 aromatic heterocycles. The van der Waals surface area contributed by atoms with E-state index in [0.29, 0.717) is 13.2 Å². The van der Waals surface area contributed by atoms with Crippen molar-refractivity contribution >= 4 is 17.3 Å². The van der Waals surface area contributed by atoms with Crippen molar-refractivity contribution in [3.05, 3.63) is 58.6 Å². The molecule has 5 heteroatoms. The Balaban J connectivity index is 1.44. The molecule has 0 bridgehead atoms. The molecule has 1 atom stereocenters. The third-order valence-corrected chi connectivity index (χ3v) is 5.02. The third-order valence-electron chi connectivity index (χ3n) is 4.79. The summed E-state index contributed by atoms with van der Waals surface area (Å²) in [6.07, 6.45) is -0.493. The molecular formula is C21H27ClN2O2. The van der Waals surface area contributed by atoms with Crippen molar-refractivity contribution in [1.82, 2.24) is 4.90 Å². The van der Waals surface area contributed by atoms with E-state index in [2.05, 4.69) is 21.9 Å². The molecule has 3 rings (SSSR count). The van der Waals surface area contributed by atoms with E-state index in [1.807, 2.05) is 44.2 Å². The van der Waals surface area contributed by atoms with E-state index in [1.165, 1.54) is 0 Å². The lowest BCUT2D eigenvalue weighted by Gasteiger charge is -2.37. The van der Waals surface area contributed by atoms with Crippen molar-refractivity contribution in [2.75, 3.05) is 44.2 Å². The number of β-amino-alcohol motifs (C(OH)–C–C–N with tert-alkyl or cyclic N) is 1. The Morgan fingerprint density at radius 1 is 1.08 bits per heavy atom. The largest absolute Gasteiger partial charge is 0.491 e. The van der Waals surface area contributed by atoms with Crippen molar-refractivity contribution in [2.24, 2.45) is 0 Å². The average Bonchev–Trinajstić information content (AvgIpc) is 2.63. The maximum Gasteiger partial charge on any atom is 0.122 e. The third kappa shape index (κ3) is 5.13. The number of halogens is 1. The number of hydrogen-bond acceptors (Lipinski definition) is 4. The van der Waals surface area contributed by atoms with Crippen LogP contribution in [0.2, 0.25) is 5.02 Å².